The Bertz CT molecular complexity index is 440. The SMILES string of the molecule is C#CCC(C)NCc1cc(Cl)c(OC)c(OC)c1. The van der Waals surface area contributed by atoms with Gasteiger partial charge in [-0.25, -0.2) is 0 Å². The molecule has 3 nitrogen and oxygen atoms in total. The molecule has 0 saturated heterocycles. The Morgan fingerprint density at radius 3 is 2.67 bits per heavy atom. The molecule has 0 saturated carbocycles. The van der Waals surface area contributed by atoms with E-state index in [4.69, 9.17) is 27.5 Å². The van der Waals surface area contributed by atoms with Crippen molar-refractivity contribution in [3.05, 3.63) is 22.7 Å². The summed E-state index contributed by atoms with van der Waals surface area (Å²) in [4.78, 5) is 0. The molecule has 4 heteroatoms. The Morgan fingerprint density at radius 2 is 2.11 bits per heavy atom. The summed E-state index contributed by atoms with van der Waals surface area (Å²) in [5, 5.41) is 3.86. The third-order valence-electron chi connectivity index (χ3n) is 2.57. The van der Waals surface area contributed by atoms with Gasteiger partial charge in [0, 0.05) is 19.0 Å². The van der Waals surface area contributed by atoms with Gasteiger partial charge < -0.3 is 14.8 Å². The summed E-state index contributed by atoms with van der Waals surface area (Å²) in [6, 6.07) is 4.03. The predicted octanol–water partition coefficient (Wildman–Crippen LogP) is 2.86. The fourth-order valence-corrected chi connectivity index (χ4v) is 1.92. The lowest BCUT2D eigenvalue weighted by atomic mass is 10.1. The topological polar surface area (TPSA) is 30.5 Å². The van der Waals surface area contributed by atoms with Crippen molar-refractivity contribution in [1.29, 1.82) is 0 Å². The van der Waals surface area contributed by atoms with Crippen molar-refractivity contribution in [2.45, 2.75) is 25.9 Å². The van der Waals surface area contributed by atoms with Crippen LogP contribution in [0.1, 0.15) is 18.9 Å². The summed E-state index contributed by atoms with van der Waals surface area (Å²) in [5.41, 5.74) is 1.03. The molecule has 0 bridgehead atoms. The second-order valence-corrected chi connectivity index (χ2v) is 4.41. The van der Waals surface area contributed by atoms with Crippen LogP contribution in [-0.4, -0.2) is 20.3 Å². The molecule has 1 unspecified atom stereocenters. The maximum Gasteiger partial charge on any atom is 0.179 e. The molecule has 18 heavy (non-hydrogen) atoms. The zero-order chi connectivity index (χ0) is 13.5. The van der Waals surface area contributed by atoms with Crippen molar-refractivity contribution >= 4 is 11.6 Å². The predicted molar refractivity (Wildman–Crippen MR) is 74.3 cm³/mol. The number of methoxy groups -OCH3 is 2. The van der Waals surface area contributed by atoms with Crippen LogP contribution in [0.4, 0.5) is 0 Å². The Balaban J connectivity index is 2.79. The molecule has 1 rings (SSSR count). The van der Waals surface area contributed by atoms with Crippen LogP contribution in [0.2, 0.25) is 5.02 Å². The minimum absolute atomic E-state index is 0.266. The average molecular weight is 268 g/mol. The Kier molecular flexibility index (Phi) is 5.84. The Hall–Kier alpha value is -1.37. The van der Waals surface area contributed by atoms with Crippen LogP contribution in [-0.2, 0) is 6.54 Å². The van der Waals surface area contributed by atoms with Gasteiger partial charge in [-0.1, -0.05) is 11.6 Å². The summed E-state index contributed by atoms with van der Waals surface area (Å²) >= 11 is 6.12. The molecule has 0 amide bonds. The number of ether oxygens (including phenoxy) is 2. The van der Waals surface area contributed by atoms with Crippen molar-refractivity contribution in [1.82, 2.24) is 5.32 Å². The van der Waals surface area contributed by atoms with Crippen LogP contribution in [0.3, 0.4) is 0 Å². The molecule has 1 atom stereocenters. The standard InChI is InChI=1S/C14H18ClNO2/c1-5-6-10(2)16-9-11-7-12(15)14(18-4)13(8-11)17-3/h1,7-8,10,16H,6,9H2,2-4H3. The van der Waals surface area contributed by atoms with Crippen LogP contribution in [0.5, 0.6) is 11.5 Å². The number of benzene rings is 1. The molecule has 0 radical (unpaired) electrons. The van der Waals surface area contributed by atoms with E-state index in [2.05, 4.69) is 11.2 Å². The molecular weight excluding hydrogens is 250 g/mol. The molecular formula is C14H18ClNO2. The van der Waals surface area contributed by atoms with E-state index in [1.807, 2.05) is 19.1 Å². The lowest BCUT2D eigenvalue weighted by molar-refractivity contribution is 0.354. The molecule has 1 N–H and O–H groups in total. The van der Waals surface area contributed by atoms with E-state index in [9.17, 15) is 0 Å². The second-order valence-electron chi connectivity index (χ2n) is 4.00. The third kappa shape index (κ3) is 3.83. The minimum Gasteiger partial charge on any atom is -0.493 e. The highest BCUT2D eigenvalue weighted by Crippen LogP contribution is 2.35. The minimum atomic E-state index is 0.266. The number of hydrogen-bond donors (Lipinski definition) is 1. The van der Waals surface area contributed by atoms with Crippen molar-refractivity contribution < 1.29 is 9.47 Å². The maximum absolute atomic E-state index is 6.12. The van der Waals surface area contributed by atoms with Gasteiger partial charge in [0.05, 0.1) is 19.2 Å². The van der Waals surface area contributed by atoms with Gasteiger partial charge in [0.2, 0.25) is 0 Å². The normalized spacial score (nSPS) is 11.7. The van der Waals surface area contributed by atoms with Gasteiger partial charge in [-0.15, -0.1) is 12.3 Å². The molecule has 0 fully saturated rings. The zero-order valence-corrected chi connectivity index (χ0v) is 11.7. The first-order chi connectivity index (χ1) is 8.62. The highest BCUT2D eigenvalue weighted by atomic mass is 35.5. The van der Waals surface area contributed by atoms with Crippen molar-refractivity contribution in [3.8, 4) is 23.8 Å². The van der Waals surface area contributed by atoms with E-state index in [0.29, 0.717) is 29.5 Å². The van der Waals surface area contributed by atoms with Crippen LogP contribution in [0.25, 0.3) is 0 Å². The van der Waals surface area contributed by atoms with Gasteiger partial charge >= 0.3 is 0 Å². The smallest absolute Gasteiger partial charge is 0.179 e. The Morgan fingerprint density at radius 1 is 1.39 bits per heavy atom. The molecule has 0 aliphatic rings. The molecule has 0 aliphatic heterocycles. The first-order valence-electron chi connectivity index (χ1n) is 5.69. The van der Waals surface area contributed by atoms with Crippen molar-refractivity contribution in [3.63, 3.8) is 0 Å². The van der Waals surface area contributed by atoms with Crippen LogP contribution < -0.4 is 14.8 Å². The van der Waals surface area contributed by atoms with E-state index < -0.39 is 0 Å². The summed E-state index contributed by atoms with van der Waals surface area (Å²) in [6.45, 7) is 2.73. The van der Waals surface area contributed by atoms with Gasteiger partial charge in [-0.3, -0.25) is 0 Å². The largest absolute Gasteiger partial charge is 0.493 e. The molecule has 1 aromatic rings. The zero-order valence-electron chi connectivity index (χ0n) is 10.9. The van der Waals surface area contributed by atoms with Gasteiger partial charge in [0.25, 0.3) is 0 Å². The summed E-state index contributed by atoms with van der Waals surface area (Å²) in [5.74, 6) is 3.81. The van der Waals surface area contributed by atoms with Gasteiger partial charge in [0.1, 0.15) is 0 Å². The highest BCUT2D eigenvalue weighted by molar-refractivity contribution is 6.32. The van der Waals surface area contributed by atoms with Crippen LogP contribution in [0.15, 0.2) is 12.1 Å². The lowest BCUT2D eigenvalue weighted by Crippen LogP contribution is -2.24. The maximum atomic E-state index is 6.12. The summed E-state index contributed by atoms with van der Waals surface area (Å²) < 4.78 is 10.4. The lowest BCUT2D eigenvalue weighted by Gasteiger charge is -2.14. The molecule has 0 heterocycles. The van der Waals surface area contributed by atoms with Crippen molar-refractivity contribution in [2.24, 2.45) is 0 Å². The number of terminal acetylenes is 1. The quantitative estimate of drug-likeness (QED) is 0.804. The van der Waals surface area contributed by atoms with E-state index in [0.717, 1.165) is 5.56 Å². The van der Waals surface area contributed by atoms with E-state index in [1.54, 1.807) is 14.2 Å². The molecule has 0 aromatic heterocycles. The van der Waals surface area contributed by atoms with E-state index in [-0.39, 0.29) is 6.04 Å². The summed E-state index contributed by atoms with van der Waals surface area (Å²) in [7, 11) is 3.16. The van der Waals surface area contributed by atoms with Crippen LogP contribution in [0, 0.1) is 12.3 Å². The number of halogens is 1. The molecule has 0 spiro atoms. The second kappa shape index (κ2) is 7.15. The molecule has 98 valence electrons. The molecule has 1 aromatic carbocycles. The highest BCUT2D eigenvalue weighted by Gasteiger charge is 2.11. The fourth-order valence-electron chi connectivity index (χ4n) is 1.61. The fraction of sp³-hybridized carbons (Fsp3) is 0.429. The van der Waals surface area contributed by atoms with Gasteiger partial charge in [0.15, 0.2) is 11.5 Å². The number of rotatable bonds is 6. The van der Waals surface area contributed by atoms with E-state index in [1.165, 1.54) is 0 Å². The average Bonchev–Trinajstić information content (AvgIpc) is 2.36. The Labute approximate surface area is 113 Å². The van der Waals surface area contributed by atoms with Gasteiger partial charge in [-0.2, -0.15) is 0 Å². The monoisotopic (exact) mass is 267 g/mol. The van der Waals surface area contributed by atoms with Crippen molar-refractivity contribution in [2.75, 3.05) is 14.2 Å². The summed E-state index contributed by atoms with van der Waals surface area (Å²) in [6.07, 6.45) is 5.95. The van der Waals surface area contributed by atoms with E-state index >= 15 is 0 Å². The first-order valence-corrected chi connectivity index (χ1v) is 6.07. The molecule has 0 aliphatic carbocycles. The van der Waals surface area contributed by atoms with Gasteiger partial charge in [-0.05, 0) is 24.6 Å². The third-order valence-corrected chi connectivity index (χ3v) is 2.85. The number of hydrogen-bond acceptors (Lipinski definition) is 3. The first kappa shape index (κ1) is 14.7. The van der Waals surface area contributed by atoms with Crippen LogP contribution >= 0.6 is 11.6 Å². The number of nitrogens with one attached hydrogen (secondary N) is 1.